The van der Waals surface area contributed by atoms with Crippen LogP contribution in [0.5, 0.6) is 0 Å². The first-order valence-corrected chi connectivity index (χ1v) is 5.68. The Morgan fingerprint density at radius 2 is 2.27 bits per heavy atom. The van der Waals surface area contributed by atoms with E-state index in [-0.39, 0.29) is 6.42 Å². The molecular weight excluding hydrogens is 278 g/mol. The molecule has 3 nitrogen and oxygen atoms in total. The third-order valence-electron chi connectivity index (χ3n) is 1.97. The topological polar surface area (TPSA) is 61.1 Å². The summed E-state index contributed by atoms with van der Waals surface area (Å²) in [6, 6.07) is 5.46. The lowest BCUT2D eigenvalue weighted by Gasteiger charge is -2.08. The van der Waals surface area contributed by atoms with E-state index >= 15 is 0 Å². The van der Waals surface area contributed by atoms with Crippen molar-refractivity contribution in [3.8, 4) is 6.07 Å². The number of carboxylic acids is 1. The summed E-state index contributed by atoms with van der Waals surface area (Å²) in [4.78, 5) is 11.2. The van der Waals surface area contributed by atoms with Gasteiger partial charge in [0.05, 0.1) is 12.0 Å². The molecule has 0 atom stereocenters. The number of carboxylic acid groups (broad SMARTS) is 1. The molecule has 0 radical (unpaired) electrons. The van der Waals surface area contributed by atoms with Crippen molar-refractivity contribution >= 4 is 34.5 Å². The van der Waals surface area contributed by atoms with Gasteiger partial charge in [0, 0.05) is 10.2 Å². The zero-order chi connectivity index (χ0) is 11.4. The minimum Gasteiger partial charge on any atom is -0.481 e. The van der Waals surface area contributed by atoms with Crippen molar-refractivity contribution in [3.05, 3.63) is 28.8 Å². The number of alkyl halides is 1. The smallest absolute Gasteiger partial charge is 0.307 e. The second kappa shape index (κ2) is 5.19. The molecule has 5 heteroatoms. The first kappa shape index (κ1) is 12.1. The summed E-state index contributed by atoms with van der Waals surface area (Å²) in [6.45, 7) is 0. The summed E-state index contributed by atoms with van der Waals surface area (Å²) < 4.78 is 0. The summed E-state index contributed by atoms with van der Waals surface area (Å²) in [5, 5.41) is 18.2. The Morgan fingerprint density at radius 3 is 2.73 bits per heavy atom. The van der Waals surface area contributed by atoms with E-state index in [0.29, 0.717) is 21.4 Å². The van der Waals surface area contributed by atoms with Crippen LogP contribution in [0.4, 0.5) is 0 Å². The lowest BCUT2D eigenvalue weighted by molar-refractivity contribution is -0.136. The van der Waals surface area contributed by atoms with Gasteiger partial charge in [-0.15, -0.1) is 12.6 Å². The van der Waals surface area contributed by atoms with Crippen LogP contribution in [0, 0.1) is 11.3 Å². The monoisotopic (exact) mass is 285 g/mol. The minimum atomic E-state index is -0.951. The third-order valence-corrected chi connectivity index (χ3v) is 2.95. The predicted octanol–water partition coefficient (Wildman–Crippen LogP) is 2.37. The van der Waals surface area contributed by atoms with Gasteiger partial charge in [-0.1, -0.05) is 22.0 Å². The van der Waals surface area contributed by atoms with Crippen molar-refractivity contribution in [1.29, 1.82) is 5.26 Å². The third kappa shape index (κ3) is 2.74. The van der Waals surface area contributed by atoms with Gasteiger partial charge in [-0.05, 0) is 17.2 Å². The Hall–Kier alpha value is -0.990. The second-order valence-electron chi connectivity index (χ2n) is 2.91. The van der Waals surface area contributed by atoms with Gasteiger partial charge < -0.3 is 5.11 Å². The van der Waals surface area contributed by atoms with Crippen molar-refractivity contribution < 1.29 is 9.90 Å². The second-order valence-corrected chi connectivity index (χ2v) is 3.96. The SMILES string of the molecule is N#Cc1c(S)ccc(CBr)c1CC(=O)O. The van der Waals surface area contributed by atoms with Crippen LogP contribution in [0.2, 0.25) is 0 Å². The summed E-state index contributed by atoms with van der Waals surface area (Å²) in [6.07, 6.45) is -0.155. The molecule has 1 aromatic carbocycles. The first-order chi connectivity index (χ1) is 7.10. The van der Waals surface area contributed by atoms with Crippen LogP contribution in [0.15, 0.2) is 17.0 Å². The Morgan fingerprint density at radius 1 is 1.60 bits per heavy atom. The van der Waals surface area contributed by atoms with Gasteiger partial charge in [0.15, 0.2) is 0 Å². The van der Waals surface area contributed by atoms with E-state index in [0.717, 1.165) is 5.56 Å². The summed E-state index contributed by atoms with van der Waals surface area (Å²) in [5.41, 5.74) is 1.69. The lowest BCUT2D eigenvalue weighted by atomic mass is 10.00. The fraction of sp³-hybridized carbons (Fsp3) is 0.200. The number of carbonyl (C=O) groups is 1. The van der Waals surface area contributed by atoms with E-state index in [1.54, 1.807) is 12.1 Å². The molecule has 0 unspecified atom stereocenters. The van der Waals surface area contributed by atoms with Gasteiger partial charge in [0.1, 0.15) is 6.07 Å². The van der Waals surface area contributed by atoms with E-state index in [1.165, 1.54) is 0 Å². The number of halogens is 1. The van der Waals surface area contributed by atoms with Crippen LogP contribution in [-0.4, -0.2) is 11.1 Å². The van der Waals surface area contributed by atoms with Crippen molar-refractivity contribution in [1.82, 2.24) is 0 Å². The Balaban J connectivity index is 3.35. The van der Waals surface area contributed by atoms with Crippen LogP contribution in [-0.2, 0) is 16.5 Å². The fourth-order valence-corrected chi connectivity index (χ4v) is 2.07. The number of nitriles is 1. The number of rotatable bonds is 3. The number of hydrogen-bond donors (Lipinski definition) is 2. The van der Waals surface area contributed by atoms with Crippen LogP contribution < -0.4 is 0 Å². The largest absolute Gasteiger partial charge is 0.481 e. The predicted molar refractivity (Wildman–Crippen MR) is 62.4 cm³/mol. The van der Waals surface area contributed by atoms with E-state index in [4.69, 9.17) is 10.4 Å². The van der Waals surface area contributed by atoms with E-state index in [2.05, 4.69) is 28.6 Å². The highest BCUT2D eigenvalue weighted by Crippen LogP contribution is 2.23. The molecular formula is C10H8BrNO2S. The van der Waals surface area contributed by atoms with Gasteiger partial charge in [0.25, 0.3) is 0 Å². The van der Waals surface area contributed by atoms with Crippen molar-refractivity contribution in [2.75, 3.05) is 0 Å². The summed E-state index contributed by atoms with van der Waals surface area (Å²) >= 11 is 7.38. The molecule has 0 aromatic heterocycles. The minimum absolute atomic E-state index is 0.155. The Labute approximate surface area is 101 Å². The molecule has 1 N–H and O–H groups in total. The van der Waals surface area contributed by atoms with Gasteiger partial charge in [-0.25, -0.2) is 0 Å². The normalized spacial score (nSPS) is 9.67. The zero-order valence-corrected chi connectivity index (χ0v) is 10.2. The molecule has 1 rings (SSSR count). The highest BCUT2D eigenvalue weighted by Gasteiger charge is 2.13. The van der Waals surface area contributed by atoms with E-state index in [9.17, 15) is 4.79 Å². The van der Waals surface area contributed by atoms with Crippen LogP contribution in [0.1, 0.15) is 16.7 Å². The zero-order valence-electron chi connectivity index (χ0n) is 7.70. The van der Waals surface area contributed by atoms with E-state index < -0.39 is 5.97 Å². The molecule has 0 aliphatic rings. The number of benzene rings is 1. The fourth-order valence-electron chi connectivity index (χ4n) is 1.28. The molecule has 0 aliphatic heterocycles. The molecule has 1 aromatic rings. The molecule has 0 amide bonds. The first-order valence-electron chi connectivity index (χ1n) is 4.11. The van der Waals surface area contributed by atoms with Crippen molar-refractivity contribution in [2.24, 2.45) is 0 Å². The highest BCUT2D eigenvalue weighted by molar-refractivity contribution is 9.08. The standard InChI is InChI=1S/C10H8BrNO2S/c11-4-6-1-2-9(15)8(5-12)7(6)3-10(13)14/h1-2,15H,3-4H2,(H,13,14). The lowest BCUT2D eigenvalue weighted by Crippen LogP contribution is -2.06. The average Bonchev–Trinajstić information content (AvgIpc) is 2.18. The number of aliphatic carboxylic acids is 1. The molecule has 0 saturated carbocycles. The molecule has 0 fully saturated rings. The molecule has 0 heterocycles. The van der Waals surface area contributed by atoms with Crippen LogP contribution >= 0.6 is 28.6 Å². The molecule has 0 bridgehead atoms. The molecule has 0 spiro atoms. The molecule has 78 valence electrons. The van der Waals surface area contributed by atoms with Crippen molar-refractivity contribution in [3.63, 3.8) is 0 Å². The van der Waals surface area contributed by atoms with Gasteiger partial charge in [-0.2, -0.15) is 5.26 Å². The molecule has 15 heavy (non-hydrogen) atoms. The molecule has 0 aliphatic carbocycles. The summed E-state index contributed by atoms with van der Waals surface area (Å²) in [5.74, 6) is -0.951. The highest BCUT2D eigenvalue weighted by atomic mass is 79.9. The number of nitrogens with zero attached hydrogens (tertiary/aromatic N) is 1. The Kier molecular flexibility index (Phi) is 4.18. The van der Waals surface area contributed by atoms with Crippen molar-refractivity contribution in [2.45, 2.75) is 16.6 Å². The average molecular weight is 286 g/mol. The van der Waals surface area contributed by atoms with Crippen LogP contribution in [0.3, 0.4) is 0 Å². The van der Waals surface area contributed by atoms with E-state index in [1.807, 2.05) is 6.07 Å². The van der Waals surface area contributed by atoms with Crippen LogP contribution in [0.25, 0.3) is 0 Å². The maximum absolute atomic E-state index is 10.7. The van der Waals surface area contributed by atoms with Gasteiger partial charge in [-0.3, -0.25) is 4.79 Å². The van der Waals surface area contributed by atoms with Gasteiger partial charge in [0.2, 0.25) is 0 Å². The van der Waals surface area contributed by atoms with Gasteiger partial charge >= 0.3 is 5.97 Å². The summed E-state index contributed by atoms with van der Waals surface area (Å²) in [7, 11) is 0. The molecule has 0 saturated heterocycles. The number of thiol groups is 1. The Bertz CT molecular complexity index is 440. The quantitative estimate of drug-likeness (QED) is 0.662. The maximum Gasteiger partial charge on any atom is 0.307 e. The maximum atomic E-state index is 10.7. The number of hydrogen-bond acceptors (Lipinski definition) is 3.